The highest BCUT2D eigenvalue weighted by Crippen LogP contribution is 2.20. The molecule has 2 atom stereocenters. The molecule has 1 amide bonds. The van der Waals surface area contributed by atoms with E-state index in [4.69, 9.17) is 5.73 Å². The van der Waals surface area contributed by atoms with Crippen LogP contribution in [0.3, 0.4) is 0 Å². The molecule has 1 rings (SSSR count). The SMILES string of the molecule is CSCC[C@H](N)C(=O)N1CCN(CC(F)(F)F)[C@@H](C)C1. The van der Waals surface area contributed by atoms with Crippen LogP contribution in [0.4, 0.5) is 13.2 Å². The zero-order valence-corrected chi connectivity index (χ0v) is 12.6. The average molecular weight is 313 g/mol. The Morgan fingerprint density at radius 1 is 1.45 bits per heavy atom. The molecule has 4 nitrogen and oxygen atoms in total. The van der Waals surface area contributed by atoms with Crippen molar-refractivity contribution in [2.75, 3.05) is 38.2 Å². The second-order valence-corrected chi connectivity index (χ2v) is 6.09. The van der Waals surface area contributed by atoms with E-state index in [0.29, 0.717) is 19.5 Å². The second-order valence-electron chi connectivity index (χ2n) is 5.11. The van der Waals surface area contributed by atoms with Crippen molar-refractivity contribution in [3.05, 3.63) is 0 Å². The average Bonchev–Trinajstić information content (AvgIpc) is 2.36. The van der Waals surface area contributed by atoms with E-state index >= 15 is 0 Å². The maximum Gasteiger partial charge on any atom is 0.401 e. The van der Waals surface area contributed by atoms with Crippen LogP contribution in [0.2, 0.25) is 0 Å². The van der Waals surface area contributed by atoms with Gasteiger partial charge in [-0.2, -0.15) is 24.9 Å². The van der Waals surface area contributed by atoms with Gasteiger partial charge in [-0.1, -0.05) is 0 Å². The van der Waals surface area contributed by atoms with Crippen LogP contribution in [-0.4, -0.2) is 72.2 Å². The lowest BCUT2D eigenvalue weighted by atomic mass is 10.1. The lowest BCUT2D eigenvalue weighted by Crippen LogP contribution is -2.58. The molecule has 0 radical (unpaired) electrons. The quantitative estimate of drug-likeness (QED) is 0.827. The Morgan fingerprint density at radius 2 is 2.10 bits per heavy atom. The summed E-state index contributed by atoms with van der Waals surface area (Å²) in [5.74, 6) is 0.647. The van der Waals surface area contributed by atoms with Gasteiger partial charge in [0.15, 0.2) is 0 Å². The number of thioether (sulfide) groups is 1. The van der Waals surface area contributed by atoms with Crippen molar-refractivity contribution in [3.8, 4) is 0 Å². The summed E-state index contributed by atoms with van der Waals surface area (Å²) in [6.45, 7) is 1.64. The van der Waals surface area contributed by atoms with Gasteiger partial charge in [-0.25, -0.2) is 0 Å². The fourth-order valence-corrected chi connectivity index (χ4v) is 2.75. The molecule has 2 N–H and O–H groups in total. The van der Waals surface area contributed by atoms with E-state index in [2.05, 4.69) is 0 Å². The maximum absolute atomic E-state index is 12.4. The Bertz CT molecular complexity index is 328. The first-order valence-corrected chi connectivity index (χ1v) is 7.98. The summed E-state index contributed by atoms with van der Waals surface area (Å²) in [5, 5.41) is 0. The minimum Gasteiger partial charge on any atom is -0.339 e. The van der Waals surface area contributed by atoms with Crippen molar-refractivity contribution in [3.63, 3.8) is 0 Å². The van der Waals surface area contributed by atoms with Gasteiger partial charge in [0.2, 0.25) is 5.91 Å². The number of carbonyl (C=O) groups excluding carboxylic acids is 1. The molecule has 0 aromatic rings. The van der Waals surface area contributed by atoms with Crippen LogP contribution >= 0.6 is 11.8 Å². The monoisotopic (exact) mass is 313 g/mol. The highest BCUT2D eigenvalue weighted by molar-refractivity contribution is 7.98. The van der Waals surface area contributed by atoms with Crippen molar-refractivity contribution in [2.24, 2.45) is 5.73 Å². The normalized spacial score (nSPS) is 22.9. The molecule has 8 heteroatoms. The van der Waals surface area contributed by atoms with Crippen LogP contribution in [0.15, 0.2) is 0 Å². The Labute approximate surface area is 121 Å². The molecule has 1 heterocycles. The first-order chi connectivity index (χ1) is 9.24. The molecule has 0 spiro atoms. The zero-order chi connectivity index (χ0) is 15.3. The number of rotatable bonds is 5. The highest BCUT2D eigenvalue weighted by Gasteiger charge is 2.36. The molecule has 1 saturated heterocycles. The van der Waals surface area contributed by atoms with Gasteiger partial charge in [-0.15, -0.1) is 0 Å². The fraction of sp³-hybridized carbons (Fsp3) is 0.917. The van der Waals surface area contributed by atoms with Crippen molar-refractivity contribution in [2.45, 2.75) is 31.6 Å². The van der Waals surface area contributed by atoms with Crippen LogP contribution in [0.5, 0.6) is 0 Å². The summed E-state index contributed by atoms with van der Waals surface area (Å²) in [6, 6.07) is -0.856. The Balaban J connectivity index is 2.48. The molecular formula is C12H22F3N3OS. The van der Waals surface area contributed by atoms with Crippen LogP contribution in [0, 0.1) is 0 Å². The first kappa shape index (κ1) is 17.6. The topological polar surface area (TPSA) is 49.6 Å². The zero-order valence-electron chi connectivity index (χ0n) is 11.8. The van der Waals surface area contributed by atoms with Gasteiger partial charge >= 0.3 is 6.18 Å². The molecule has 0 aromatic carbocycles. The van der Waals surface area contributed by atoms with Crippen LogP contribution in [0.1, 0.15) is 13.3 Å². The minimum absolute atomic E-state index is 0.155. The van der Waals surface area contributed by atoms with Gasteiger partial charge in [-0.05, 0) is 25.4 Å². The van der Waals surface area contributed by atoms with Crippen molar-refractivity contribution in [1.82, 2.24) is 9.80 Å². The summed E-state index contributed by atoms with van der Waals surface area (Å²) in [7, 11) is 0. The van der Waals surface area contributed by atoms with E-state index in [1.807, 2.05) is 6.26 Å². The molecule has 0 aromatic heterocycles. The van der Waals surface area contributed by atoms with Crippen molar-refractivity contribution < 1.29 is 18.0 Å². The predicted molar refractivity (Wildman–Crippen MR) is 74.6 cm³/mol. The number of nitrogens with two attached hydrogens (primary N) is 1. The first-order valence-electron chi connectivity index (χ1n) is 6.58. The minimum atomic E-state index is -4.20. The predicted octanol–water partition coefficient (Wildman–Crippen LogP) is 1.16. The summed E-state index contributed by atoms with van der Waals surface area (Å²) in [5.41, 5.74) is 5.82. The number of hydrogen-bond donors (Lipinski definition) is 1. The molecule has 118 valence electrons. The van der Waals surface area contributed by atoms with Gasteiger partial charge < -0.3 is 10.6 Å². The van der Waals surface area contributed by atoms with Gasteiger partial charge in [0.05, 0.1) is 12.6 Å². The van der Waals surface area contributed by atoms with E-state index in [1.165, 1.54) is 4.90 Å². The second kappa shape index (κ2) is 7.51. The third-order valence-corrected chi connectivity index (χ3v) is 4.05. The van der Waals surface area contributed by atoms with Gasteiger partial charge in [-0.3, -0.25) is 9.69 Å². The van der Waals surface area contributed by atoms with Crippen molar-refractivity contribution >= 4 is 17.7 Å². The highest BCUT2D eigenvalue weighted by atomic mass is 32.2. The van der Waals surface area contributed by atoms with Gasteiger partial charge in [0, 0.05) is 25.7 Å². The largest absolute Gasteiger partial charge is 0.401 e. The summed E-state index contributed by atoms with van der Waals surface area (Å²) in [4.78, 5) is 15.0. The molecule has 1 aliphatic heterocycles. The number of alkyl halides is 3. The molecular weight excluding hydrogens is 291 g/mol. The molecule has 0 aliphatic carbocycles. The smallest absolute Gasteiger partial charge is 0.339 e. The van der Waals surface area contributed by atoms with Crippen LogP contribution < -0.4 is 5.73 Å². The number of carbonyl (C=O) groups is 1. The molecule has 0 bridgehead atoms. The number of hydrogen-bond acceptors (Lipinski definition) is 4. The number of nitrogens with zero attached hydrogens (tertiary/aromatic N) is 2. The molecule has 1 aliphatic rings. The third-order valence-electron chi connectivity index (χ3n) is 3.41. The Kier molecular flexibility index (Phi) is 6.60. The molecule has 0 saturated carbocycles. The summed E-state index contributed by atoms with van der Waals surface area (Å²) in [6.07, 6.45) is -1.67. The summed E-state index contributed by atoms with van der Waals surface area (Å²) >= 11 is 1.62. The van der Waals surface area contributed by atoms with Crippen molar-refractivity contribution in [1.29, 1.82) is 0 Å². The van der Waals surface area contributed by atoms with Crippen LogP contribution in [0.25, 0.3) is 0 Å². The number of piperazine rings is 1. The molecule has 20 heavy (non-hydrogen) atoms. The maximum atomic E-state index is 12.4. The lowest BCUT2D eigenvalue weighted by molar-refractivity contribution is -0.157. The van der Waals surface area contributed by atoms with Gasteiger partial charge in [0.25, 0.3) is 0 Å². The number of amides is 1. The van der Waals surface area contributed by atoms with E-state index in [-0.39, 0.29) is 18.5 Å². The summed E-state index contributed by atoms with van der Waals surface area (Å²) < 4.78 is 37.2. The third kappa shape index (κ3) is 5.49. The Hall–Kier alpha value is -0.470. The van der Waals surface area contributed by atoms with E-state index in [1.54, 1.807) is 23.6 Å². The lowest BCUT2D eigenvalue weighted by Gasteiger charge is -2.40. The molecule has 0 unspecified atom stereocenters. The van der Waals surface area contributed by atoms with Crippen LogP contribution in [-0.2, 0) is 4.79 Å². The van der Waals surface area contributed by atoms with E-state index in [0.717, 1.165) is 5.75 Å². The molecule has 1 fully saturated rings. The standard InChI is InChI=1S/C12H22F3N3OS/c1-9-7-17(11(19)10(16)3-6-20-2)4-5-18(9)8-12(13,14)15/h9-10H,3-8,16H2,1-2H3/t9-,10-/m0/s1. The van der Waals surface area contributed by atoms with E-state index < -0.39 is 18.8 Å². The Morgan fingerprint density at radius 3 is 2.60 bits per heavy atom. The number of halogens is 3. The van der Waals surface area contributed by atoms with Gasteiger partial charge in [0.1, 0.15) is 0 Å². The van der Waals surface area contributed by atoms with E-state index in [9.17, 15) is 18.0 Å². The fourth-order valence-electron chi connectivity index (χ4n) is 2.26.